The fourth-order valence-corrected chi connectivity index (χ4v) is 1.87. The predicted molar refractivity (Wildman–Crippen MR) is 77.5 cm³/mol. The van der Waals surface area contributed by atoms with E-state index in [0.29, 0.717) is 25.0 Å². The van der Waals surface area contributed by atoms with E-state index in [1.54, 1.807) is 38.3 Å². The van der Waals surface area contributed by atoms with Gasteiger partial charge in [-0.05, 0) is 36.3 Å². The summed E-state index contributed by atoms with van der Waals surface area (Å²) < 4.78 is 5.04. The van der Waals surface area contributed by atoms with Gasteiger partial charge in [0.1, 0.15) is 5.75 Å². The SMILES string of the molecule is COCC(=C=CC[C@@H](O)c1cccc(O)c1)C[C@H](C)O. The highest BCUT2D eigenvalue weighted by molar-refractivity contribution is 5.28. The van der Waals surface area contributed by atoms with Gasteiger partial charge in [-0.3, -0.25) is 0 Å². The predicted octanol–water partition coefficient (Wildman–Crippen LogP) is 2.31. The number of methoxy groups -OCH3 is 1. The Bertz CT molecular complexity index is 473. The van der Waals surface area contributed by atoms with Crippen LogP contribution in [0.4, 0.5) is 0 Å². The van der Waals surface area contributed by atoms with Crippen LogP contribution in [0.25, 0.3) is 0 Å². The average Bonchev–Trinajstić information content (AvgIpc) is 2.38. The lowest BCUT2D eigenvalue weighted by molar-refractivity contribution is 0.176. The molecule has 0 saturated heterocycles. The van der Waals surface area contributed by atoms with Crippen molar-refractivity contribution in [3.8, 4) is 5.75 Å². The molecule has 0 fully saturated rings. The van der Waals surface area contributed by atoms with Crippen LogP contribution >= 0.6 is 0 Å². The minimum atomic E-state index is -0.690. The summed E-state index contributed by atoms with van der Waals surface area (Å²) in [5, 5.41) is 28.7. The molecule has 0 unspecified atom stereocenters. The molecule has 1 aromatic carbocycles. The third-order valence-electron chi connectivity index (χ3n) is 2.76. The number of aromatic hydroxyl groups is 1. The minimum absolute atomic E-state index is 0.134. The van der Waals surface area contributed by atoms with E-state index in [4.69, 9.17) is 4.74 Å². The Balaban J connectivity index is 2.69. The lowest BCUT2D eigenvalue weighted by Crippen LogP contribution is -2.04. The molecule has 0 radical (unpaired) electrons. The fraction of sp³-hybridized carbons (Fsp3) is 0.438. The van der Waals surface area contributed by atoms with Crippen LogP contribution in [0.3, 0.4) is 0 Å². The van der Waals surface area contributed by atoms with Crippen molar-refractivity contribution >= 4 is 0 Å². The second-order valence-electron chi connectivity index (χ2n) is 4.78. The number of aliphatic hydroxyl groups excluding tert-OH is 2. The molecule has 0 aromatic heterocycles. The molecule has 1 rings (SSSR count). The largest absolute Gasteiger partial charge is 0.508 e. The highest BCUT2D eigenvalue weighted by Crippen LogP contribution is 2.20. The molecule has 0 aliphatic heterocycles. The molecule has 0 amide bonds. The number of phenols is 1. The van der Waals surface area contributed by atoms with Crippen LogP contribution in [0.2, 0.25) is 0 Å². The number of aliphatic hydroxyl groups is 2. The third kappa shape index (κ3) is 6.04. The number of hydrogen-bond donors (Lipinski definition) is 3. The molecule has 110 valence electrons. The highest BCUT2D eigenvalue weighted by atomic mass is 16.5. The molecule has 0 bridgehead atoms. The summed E-state index contributed by atoms with van der Waals surface area (Å²) in [6.07, 6.45) is 1.47. The van der Waals surface area contributed by atoms with Crippen LogP contribution in [0.1, 0.15) is 31.4 Å². The third-order valence-corrected chi connectivity index (χ3v) is 2.76. The van der Waals surface area contributed by atoms with Crippen molar-refractivity contribution in [2.45, 2.75) is 32.0 Å². The first kappa shape index (κ1) is 16.5. The van der Waals surface area contributed by atoms with Crippen molar-refractivity contribution < 1.29 is 20.1 Å². The van der Waals surface area contributed by atoms with Crippen LogP contribution in [0, 0.1) is 0 Å². The molecule has 0 aliphatic carbocycles. The summed E-state index contributed by atoms with van der Waals surface area (Å²) in [6.45, 7) is 2.11. The van der Waals surface area contributed by atoms with Gasteiger partial charge >= 0.3 is 0 Å². The van der Waals surface area contributed by atoms with Gasteiger partial charge in [-0.15, -0.1) is 5.73 Å². The Hall–Kier alpha value is -1.58. The Morgan fingerprint density at radius 2 is 2.15 bits per heavy atom. The van der Waals surface area contributed by atoms with Crippen molar-refractivity contribution in [3.05, 3.63) is 47.2 Å². The Kier molecular flexibility index (Phi) is 7.05. The maximum atomic E-state index is 10.00. The Labute approximate surface area is 119 Å². The molecule has 20 heavy (non-hydrogen) atoms. The van der Waals surface area contributed by atoms with Gasteiger partial charge in [0.25, 0.3) is 0 Å². The standard InChI is InChI=1S/C16H22O4/c1-12(17)9-13(11-20-2)5-3-8-16(19)14-6-4-7-15(18)10-14/h3-4,6-7,10,12,16-19H,8-9,11H2,1-2H3/t5?,12-,16+/m0/s1. The first-order valence-corrected chi connectivity index (χ1v) is 6.59. The van der Waals surface area contributed by atoms with Crippen molar-refractivity contribution in [2.24, 2.45) is 0 Å². The van der Waals surface area contributed by atoms with Gasteiger partial charge in [-0.2, -0.15) is 0 Å². The minimum Gasteiger partial charge on any atom is -0.508 e. The molecule has 3 N–H and O–H groups in total. The van der Waals surface area contributed by atoms with E-state index in [9.17, 15) is 15.3 Å². The van der Waals surface area contributed by atoms with Gasteiger partial charge in [0.2, 0.25) is 0 Å². The number of rotatable bonds is 7. The normalized spacial score (nSPS) is 13.4. The Morgan fingerprint density at radius 1 is 1.40 bits per heavy atom. The van der Waals surface area contributed by atoms with E-state index in [1.807, 2.05) is 0 Å². The molecular weight excluding hydrogens is 256 g/mol. The van der Waals surface area contributed by atoms with Gasteiger partial charge in [-0.25, -0.2) is 0 Å². The first-order valence-electron chi connectivity index (χ1n) is 6.59. The zero-order valence-electron chi connectivity index (χ0n) is 11.9. The molecule has 4 heteroatoms. The van der Waals surface area contributed by atoms with Crippen LogP contribution in [-0.4, -0.2) is 35.1 Å². The lowest BCUT2D eigenvalue weighted by atomic mass is 10.1. The molecule has 1 aromatic rings. The van der Waals surface area contributed by atoms with Crippen molar-refractivity contribution in [3.63, 3.8) is 0 Å². The number of ether oxygens (including phenoxy) is 1. The molecule has 0 saturated carbocycles. The van der Waals surface area contributed by atoms with Gasteiger partial charge in [0, 0.05) is 20.0 Å². The second kappa shape index (κ2) is 8.56. The van der Waals surface area contributed by atoms with Crippen molar-refractivity contribution in [1.82, 2.24) is 0 Å². The first-order chi connectivity index (χ1) is 9.52. The van der Waals surface area contributed by atoms with Crippen LogP contribution < -0.4 is 0 Å². The monoisotopic (exact) mass is 278 g/mol. The zero-order valence-corrected chi connectivity index (χ0v) is 11.9. The molecule has 0 spiro atoms. The number of phenolic OH excluding ortho intramolecular Hbond substituents is 1. The van der Waals surface area contributed by atoms with Gasteiger partial charge in [0.15, 0.2) is 0 Å². The maximum Gasteiger partial charge on any atom is 0.115 e. The summed E-state index contributed by atoms with van der Waals surface area (Å²) in [5.41, 5.74) is 4.56. The second-order valence-corrected chi connectivity index (χ2v) is 4.78. The van der Waals surface area contributed by atoms with Crippen LogP contribution in [-0.2, 0) is 4.74 Å². The van der Waals surface area contributed by atoms with E-state index < -0.39 is 12.2 Å². The number of hydrogen-bond acceptors (Lipinski definition) is 4. The van der Waals surface area contributed by atoms with Crippen molar-refractivity contribution in [1.29, 1.82) is 0 Å². The van der Waals surface area contributed by atoms with E-state index in [0.717, 1.165) is 5.57 Å². The molecule has 0 aliphatic rings. The van der Waals surface area contributed by atoms with E-state index >= 15 is 0 Å². The van der Waals surface area contributed by atoms with E-state index in [-0.39, 0.29) is 5.75 Å². The number of benzene rings is 1. The Morgan fingerprint density at radius 3 is 2.75 bits per heavy atom. The maximum absolute atomic E-state index is 10.00. The summed E-state index contributed by atoms with van der Waals surface area (Å²) in [4.78, 5) is 0. The van der Waals surface area contributed by atoms with Crippen molar-refractivity contribution in [2.75, 3.05) is 13.7 Å². The molecular formula is C16H22O4. The quantitative estimate of drug-likeness (QED) is 0.669. The highest BCUT2D eigenvalue weighted by Gasteiger charge is 2.06. The summed E-state index contributed by atoms with van der Waals surface area (Å²) in [6, 6.07) is 6.55. The topological polar surface area (TPSA) is 69.9 Å². The fourth-order valence-electron chi connectivity index (χ4n) is 1.87. The zero-order chi connectivity index (χ0) is 15.0. The van der Waals surface area contributed by atoms with Crippen LogP contribution in [0.5, 0.6) is 5.75 Å². The summed E-state index contributed by atoms with van der Waals surface area (Å²) >= 11 is 0. The van der Waals surface area contributed by atoms with Crippen LogP contribution in [0.15, 0.2) is 41.6 Å². The van der Waals surface area contributed by atoms with E-state index in [1.165, 1.54) is 6.07 Å². The summed E-state index contributed by atoms with van der Waals surface area (Å²) in [7, 11) is 1.59. The van der Waals surface area contributed by atoms with E-state index in [2.05, 4.69) is 5.73 Å². The van der Waals surface area contributed by atoms with Gasteiger partial charge in [0.05, 0.1) is 18.8 Å². The van der Waals surface area contributed by atoms with Gasteiger partial charge in [-0.1, -0.05) is 12.1 Å². The summed E-state index contributed by atoms with van der Waals surface area (Å²) in [5.74, 6) is 0.134. The average molecular weight is 278 g/mol. The molecule has 4 nitrogen and oxygen atoms in total. The van der Waals surface area contributed by atoms with Gasteiger partial charge < -0.3 is 20.1 Å². The smallest absolute Gasteiger partial charge is 0.115 e. The molecule has 0 heterocycles. The molecule has 2 atom stereocenters. The lowest BCUT2D eigenvalue weighted by Gasteiger charge is -2.08.